The van der Waals surface area contributed by atoms with Gasteiger partial charge in [-0.2, -0.15) is 0 Å². The van der Waals surface area contributed by atoms with Crippen molar-refractivity contribution >= 4 is 17.5 Å². The highest BCUT2D eigenvalue weighted by atomic mass is 16.1. The van der Waals surface area contributed by atoms with Gasteiger partial charge in [-0.15, -0.1) is 0 Å². The van der Waals surface area contributed by atoms with E-state index in [0.717, 1.165) is 37.4 Å². The maximum absolute atomic E-state index is 11.2. The molecule has 1 unspecified atom stereocenters. The Hall–Kier alpha value is -1.85. The average Bonchev–Trinajstić information content (AvgIpc) is 2.78. The van der Waals surface area contributed by atoms with Crippen molar-refractivity contribution in [2.24, 2.45) is 11.7 Å². The second kappa shape index (κ2) is 5.20. The monoisotopic (exact) mass is 249 g/mol. The molecule has 18 heavy (non-hydrogen) atoms. The van der Waals surface area contributed by atoms with Crippen molar-refractivity contribution in [2.45, 2.75) is 26.2 Å². The molecule has 0 saturated carbocycles. The summed E-state index contributed by atoms with van der Waals surface area (Å²) in [7, 11) is 0. The number of rotatable bonds is 4. The summed E-state index contributed by atoms with van der Waals surface area (Å²) < 4.78 is 0. The van der Waals surface area contributed by atoms with E-state index in [1.807, 2.05) is 4.90 Å². The fourth-order valence-electron chi connectivity index (χ4n) is 2.20. The largest absolute Gasteiger partial charge is 0.384 e. The molecule has 1 fully saturated rings. The Bertz CT molecular complexity index is 448. The third-order valence-corrected chi connectivity index (χ3v) is 3.17. The molecule has 0 radical (unpaired) electrons. The standard InChI is InChI=1S/C12H19N5O/c1-2-3-10-15-9(13)6-11(16-10)17-5-4-8(7-17)12(14)18/h6,8H,2-5,7H2,1H3,(H2,14,18)(H2,13,15,16). The Morgan fingerprint density at radius 3 is 2.94 bits per heavy atom. The van der Waals surface area contributed by atoms with Crippen molar-refractivity contribution < 1.29 is 4.79 Å². The number of primary amides is 1. The number of amides is 1. The van der Waals surface area contributed by atoms with Crippen LogP contribution in [0.5, 0.6) is 0 Å². The molecule has 6 heteroatoms. The average molecular weight is 249 g/mol. The number of nitrogens with two attached hydrogens (primary N) is 2. The molecule has 1 aromatic heterocycles. The molecule has 2 heterocycles. The first-order valence-electron chi connectivity index (χ1n) is 6.28. The zero-order chi connectivity index (χ0) is 13.1. The lowest BCUT2D eigenvalue weighted by atomic mass is 10.1. The van der Waals surface area contributed by atoms with E-state index in [-0.39, 0.29) is 11.8 Å². The van der Waals surface area contributed by atoms with Crippen molar-refractivity contribution in [1.29, 1.82) is 0 Å². The third-order valence-electron chi connectivity index (χ3n) is 3.17. The normalized spacial score (nSPS) is 19.2. The summed E-state index contributed by atoms with van der Waals surface area (Å²) in [4.78, 5) is 21.9. The fraction of sp³-hybridized carbons (Fsp3) is 0.583. The molecule has 1 aliphatic rings. The zero-order valence-electron chi connectivity index (χ0n) is 10.6. The molecule has 6 nitrogen and oxygen atoms in total. The van der Waals surface area contributed by atoms with Crippen molar-refractivity contribution in [3.8, 4) is 0 Å². The molecule has 0 aliphatic carbocycles. The van der Waals surface area contributed by atoms with Gasteiger partial charge in [0.15, 0.2) is 0 Å². The third kappa shape index (κ3) is 2.69. The van der Waals surface area contributed by atoms with E-state index in [0.29, 0.717) is 12.4 Å². The number of hydrogen-bond donors (Lipinski definition) is 2. The van der Waals surface area contributed by atoms with E-state index in [4.69, 9.17) is 11.5 Å². The highest BCUT2D eigenvalue weighted by Gasteiger charge is 2.27. The molecule has 0 spiro atoms. The van der Waals surface area contributed by atoms with Gasteiger partial charge in [-0.25, -0.2) is 9.97 Å². The Morgan fingerprint density at radius 1 is 1.56 bits per heavy atom. The van der Waals surface area contributed by atoms with Gasteiger partial charge in [-0.05, 0) is 12.8 Å². The highest BCUT2D eigenvalue weighted by Crippen LogP contribution is 2.23. The predicted molar refractivity (Wildman–Crippen MR) is 70.0 cm³/mol. The predicted octanol–water partition coefficient (Wildman–Crippen LogP) is 0.323. The minimum Gasteiger partial charge on any atom is -0.384 e. The second-order valence-electron chi connectivity index (χ2n) is 4.65. The Balaban J connectivity index is 2.16. The first-order chi connectivity index (χ1) is 8.60. The van der Waals surface area contributed by atoms with Gasteiger partial charge in [0, 0.05) is 25.6 Å². The lowest BCUT2D eigenvalue weighted by Gasteiger charge is -2.17. The van der Waals surface area contributed by atoms with E-state index in [1.165, 1.54) is 0 Å². The summed E-state index contributed by atoms with van der Waals surface area (Å²) in [5.74, 6) is 1.71. The number of aromatic nitrogens is 2. The van der Waals surface area contributed by atoms with Crippen LogP contribution >= 0.6 is 0 Å². The Labute approximate surface area is 106 Å². The number of hydrogen-bond acceptors (Lipinski definition) is 5. The van der Waals surface area contributed by atoms with Crippen molar-refractivity contribution in [2.75, 3.05) is 23.7 Å². The van der Waals surface area contributed by atoms with E-state index in [9.17, 15) is 4.79 Å². The smallest absolute Gasteiger partial charge is 0.222 e. The summed E-state index contributed by atoms with van der Waals surface area (Å²) in [5, 5.41) is 0. The lowest BCUT2D eigenvalue weighted by molar-refractivity contribution is -0.121. The second-order valence-corrected chi connectivity index (χ2v) is 4.65. The first-order valence-corrected chi connectivity index (χ1v) is 6.28. The highest BCUT2D eigenvalue weighted by molar-refractivity contribution is 5.78. The number of carbonyl (C=O) groups is 1. The van der Waals surface area contributed by atoms with Crippen LogP contribution in [0.3, 0.4) is 0 Å². The van der Waals surface area contributed by atoms with Crippen LogP contribution in [0.2, 0.25) is 0 Å². The van der Waals surface area contributed by atoms with Gasteiger partial charge in [-0.3, -0.25) is 4.79 Å². The van der Waals surface area contributed by atoms with Crippen molar-refractivity contribution in [1.82, 2.24) is 9.97 Å². The van der Waals surface area contributed by atoms with E-state index in [1.54, 1.807) is 6.07 Å². The van der Waals surface area contributed by atoms with Crippen molar-refractivity contribution in [3.63, 3.8) is 0 Å². The molecule has 1 aromatic rings. The number of nitrogens with zero attached hydrogens (tertiary/aromatic N) is 3. The van der Waals surface area contributed by atoms with E-state index < -0.39 is 0 Å². The summed E-state index contributed by atoms with van der Waals surface area (Å²) in [5.41, 5.74) is 11.1. The van der Waals surface area contributed by atoms with Crippen LogP contribution in [-0.4, -0.2) is 29.0 Å². The van der Waals surface area contributed by atoms with Crippen LogP contribution < -0.4 is 16.4 Å². The fourth-order valence-corrected chi connectivity index (χ4v) is 2.20. The zero-order valence-corrected chi connectivity index (χ0v) is 10.6. The topological polar surface area (TPSA) is 98.1 Å². The van der Waals surface area contributed by atoms with Crippen molar-refractivity contribution in [3.05, 3.63) is 11.9 Å². The van der Waals surface area contributed by atoms with Crippen LogP contribution in [0.1, 0.15) is 25.6 Å². The SMILES string of the molecule is CCCc1nc(N)cc(N2CCC(C(N)=O)C2)n1. The maximum Gasteiger partial charge on any atom is 0.222 e. The summed E-state index contributed by atoms with van der Waals surface area (Å²) >= 11 is 0. The maximum atomic E-state index is 11.2. The Kier molecular flexibility index (Phi) is 3.64. The quantitative estimate of drug-likeness (QED) is 0.801. The molecule has 98 valence electrons. The summed E-state index contributed by atoms with van der Waals surface area (Å²) in [6.07, 6.45) is 2.57. The molecule has 1 atom stereocenters. The van der Waals surface area contributed by atoms with Crippen LogP contribution in [0, 0.1) is 5.92 Å². The lowest BCUT2D eigenvalue weighted by Crippen LogP contribution is -2.28. The van der Waals surface area contributed by atoms with Gasteiger partial charge in [-0.1, -0.05) is 6.92 Å². The molecule has 1 aliphatic heterocycles. The summed E-state index contributed by atoms with van der Waals surface area (Å²) in [6, 6.07) is 1.75. The van der Waals surface area contributed by atoms with Gasteiger partial charge in [0.25, 0.3) is 0 Å². The van der Waals surface area contributed by atoms with E-state index >= 15 is 0 Å². The van der Waals surface area contributed by atoms with Crippen LogP contribution in [0.15, 0.2) is 6.07 Å². The number of carbonyl (C=O) groups excluding carboxylic acids is 1. The molecular formula is C12H19N5O. The van der Waals surface area contributed by atoms with E-state index in [2.05, 4.69) is 16.9 Å². The number of anilines is 2. The first kappa shape index (κ1) is 12.6. The minimum atomic E-state index is -0.242. The minimum absolute atomic E-state index is 0.0872. The molecule has 4 N–H and O–H groups in total. The van der Waals surface area contributed by atoms with Crippen LogP contribution in [0.4, 0.5) is 11.6 Å². The molecule has 0 bridgehead atoms. The van der Waals surface area contributed by atoms with Gasteiger partial charge in [0.1, 0.15) is 17.5 Å². The van der Waals surface area contributed by atoms with Gasteiger partial charge < -0.3 is 16.4 Å². The van der Waals surface area contributed by atoms with Crippen LogP contribution in [0.25, 0.3) is 0 Å². The Morgan fingerprint density at radius 2 is 2.33 bits per heavy atom. The molecule has 1 saturated heterocycles. The molecule has 1 amide bonds. The molecule has 2 rings (SSSR count). The molecule has 0 aromatic carbocycles. The van der Waals surface area contributed by atoms with Gasteiger partial charge in [0.05, 0.1) is 5.92 Å². The number of nitrogen functional groups attached to an aromatic ring is 1. The van der Waals surface area contributed by atoms with Gasteiger partial charge in [0.2, 0.25) is 5.91 Å². The number of aryl methyl sites for hydroxylation is 1. The van der Waals surface area contributed by atoms with Crippen LogP contribution in [-0.2, 0) is 11.2 Å². The van der Waals surface area contributed by atoms with Gasteiger partial charge >= 0.3 is 0 Å². The summed E-state index contributed by atoms with van der Waals surface area (Å²) in [6.45, 7) is 3.48. The molecular weight excluding hydrogens is 230 g/mol.